The topological polar surface area (TPSA) is 72.5 Å². The molecule has 0 bridgehead atoms. The summed E-state index contributed by atoms with van der Waals surface area (Å²) in [5.41, 5.74) is 1.73. The lowest BCUT2D eigenvalue weighted by atomic mass is 10.0. The van der Waals surface area contributed by atoms with Gasteiger partial charge in [-0.15, -0.1) is 0 Å². The standard InChI is InChI=1S/C19H23N3O3/c23-19(21-13-15-5-9-20-10-6-15)22-17-1-3-18(4-2-17)25-14-16-7-11-24-12-8-16/h1-6,9-10,16H,7-8,11-14H2,(H2,21,22,23). The Morgan fingerprint density at radius 2 is 1.84 bits per heavy atom. The highest BCUT2D eigenvalue weighted by Gasteiger charge is 2.14. The number of hydrogen-bond donors (Lipinski definition) is 2. The average Bonchev–Trinajstić information content (AvgIpc) is 2.67. The number of nitrogens with one attached hydrogen (secondary N) is 2. The van der Waals surface area contributed by atoms with Gasteiger partial charge in [0.05, 0.1) is 6.61 Å². The maximum atomic E-state index is 11.9. The Hall–Kier alpha value is -2.60. The predicted octanol–water partition coefficient (Wildman–Crippen LogP) is 3.21. The molecule has 3 rings (SSSR count). The van der Waals surface area contributed by atoms with Gasteiger partial charge in [0, 0.05) is 37.8 Å². The molecule has 25 heavy (non-hydrogen) atoms. The number of hydrogen-bond acceptors (Lipinski definition) is 4. The second kappa shape index (κ2) is 9.03. The van der Waals surface area contributed by atoms with Crippen molar-refractivity contribution in [1.82, 2.24) is 10.3 Å². The fraction of sp³-hybridized carbons (Fsp3) is 0.368. The van der Waals surface area contributed by atoms with Crippen LogP contribution in [0.5, 0.6) is 5.75 Å². The van der Waals surface area contributed by atoms with Gasteiger partial charge >= 0.3 is 6.03 Å². The minimum Gasteiger partial charge on any atom is -0.493 e. The Bertz CT molecular complexity index is 655. The number of pyridine rings is 1. The van der Waals surface area contributed by atoms with Crippen molar-refractivity contribution in [2.24, 2.45) is 5.92 Å². The van der Waals surface area contributed by atoms with Gasteiger partial charge < -0.3 is 20.1 Å². The molecule has 1 aliphatic heterocycles. The van der Waals surface area contributed by atoms with Crippen molar-refractivity contribution < 1.29 is 14.3 Å². The Labute approximate surface area is 147 Å². The fourth-order valence-corrected chi connectivity index (χ4v) is 2.62. The van der Waals surface area contributed by atoms with Gasteiger partial charge in [-0.2, -0.15) is 0 Å². The van der Waals surface area contributed by atoms with E-state index in [2.05, 4.69) is 15.6 Å². The summed E-state index contributed by atoms with van der Waals surface area (Å²) in [6, 6.07) is 10.9. The van der Waals surface area contributed by atoms with Gasteiger partial charge in [0.15, 0.2) is 0 Å². The molecule has 6 heteroatoms. The molecule has 0 unspecified atom stereocenters. The van der Waals surface area contributed by atoms with E-state index in [4.69, 9.17) is 9.47 Å². The molecule has 2 amide bonds. The zero-order valence-electron chi connectivity index (χ0n) is 14.1. The first-order valence-electron chi connectivity index (χ1n) is 8.54. The van der Waals surface area contributed by atoms with Gasteiger partial charge in [-0.1, -0.05) is 0 Å². The van der Waals surface area contributed by atoms with Gasteiger partial charge in [0.1, 0.15) is 5.75 Å². The lowest BCUT2D eigenvalue weighted by Crippen LogP contribution is -2.28. The van der Waals surface area contributed by atoms with Crippen molar-refractivity contribution in [1.29, 1.82) is 0 Å². The third-order valence-corrected chi connectivity index (χ3v) is 4.14. The predicted molar refractivity (Wildman–Crippen MR) is 95.6 cm³/mol. The Kier molecular flexibility index (Phi) is 6.23. The Balaban J connectivity index is 1.41. The Morgan fingerprint density at radius 1 is 1.12 bits per heavy atom. The summed E-state index contributed by atoms with van der Waals surface area (Å²) < 4.78 is 11.2. The average molecular weight is 341 g/mol. The molecule has 2 N–H and O–H groups in total. The van der Waals surface area contributed by atoms with Crippen molar-refractivity contribution in [2.75, 3.05) is 25.1 Å². The summed E-state index contributed by atoms with van der Waals surface area (Å²) in [6.45, 7) is 2.82. The molecule has 1 aromatic heterocycles. The monoisotopic (exact) mass is 341 g/mol. The molecule has 1 aliphatic rings. The number of carbonyl (C=O) groups excluding carboxylic acids is 1. The number of nitrogens with zero attached hydrogens (tertiary/aromatic N) is 1. The summed E-state index contributed by atoms with van der Waals surface area (Å²) in [5.74, 6) is 1.37. The zero-order valence-corrected chi connectivity index (χ0v) is 14.1. The Morgan fingerprint density at radius 3 is 2.56 bits per heavy atom. The molecule has 1 fully saturated rings. The van der Waals surface area contributed by atoms with Gasteiger partial charge in [-0.05, 0) is 60.7 Å². The van der Waals surface area contributed by atoms with Crippen LogP contribution in [0, 0.1) is 5.92 Å². The summed E-state index contributed by atoms with van der Waals surface area (Å²) in [4.78, 5) is 15.9. The van der Waals surface area contributed by atoms with E-state index in [-0.39, 0.29) is 6.03 Å². The molecule has 0 radical (unpaired) electrons. The number of benzene rings is 1. The maximum absolute atomic E-state index is 11.9. The van der Waals surface area contributed by atoms with Crippen LogP contribution in [0.4, 0.5) is 10.5 Å². The van der Waals surface area contributed by atoms with E-state index in [1.54, 1.807) is 12.4 Å². The molecule has 2 aromatic rings. The first-order chi connectivity index (χ1) is 12.3. The first-order valence-corrected chi connectivity index (χ1v) is 8.54. The van der Waals surface area contributed by atoms with Gasteiger partial charge in [0.25, 0.3) is 0 Å². The molecule has 0 spiro atoms. The lowest BCUT2D eigenvalue weighted by Gasteiger charge is -2.22. The quantitative estimate of drug-likeness (QED) is 0.846. The molecule has 0 saturated carbocycles. The van der Waals surface area contributed by atoms with Crippen LogP contribution in [0.1, 0.15) is 18.4 Å². The van der Waals surface area contributed by atoms with E-state index in [1.165, 1.54) is 0 Å². The second-order valence-corrected chi connectivity index (χ2v) is 6.05. The first kappa shape index (κ1) is 17.2. The van der Waals surface area contributed by atoms with Gasteiger partial charge in [0.2, 0.25) is 0 Å². The molecule has 0 atom stereocenters. The summed E-state index contributed by atoms with van der Waals surface area (Å²) >= 11 is 0. The van der Waals surface area contributed by atoms with Crippen LogP contribution in [0.3, 0.4) is 0 Å². The van der Waals surface area contributed by atoms with Crippen molar-refractivity contribution >= 4 is 11.7 Å². The van der Waals surface area contributed by atoms with Crippen LogP contribution in [0.25, 0.3) is 0 Å². The molecule has 132 valence electrons. The largest absolute Gasteiger partial charge is 0.493 e. The van der Waals surface area contributed by atoms with Crippen LogP contribution < -0.4 is 15.4 Å². The van der Waals surface area contributed by atoms with Crippen molar-refractivity contribution in [3.05, 3.63) is 54.4 Å². The van der Waals surface area contributed by atoms with Crippen molar-refractivity contribution in [3.63, 3.8) is 0 Å². The molecular formula is C19H23N3O3. The molecular weight excluding hydrogens is 318 g/mol. The van der Waals surface area contributed by atoms with Crippen LogP contribution in [-0.2, 0) is 11.3 Å². The van der Waals surface area contributed by atoms with E-state index in [1.807, 2.05) is 36.4 Å². The second-order valence-electron chi connectivity index (χ2n) is 6.05. The number of urea groups is 1. The molecule has 0 aliphatic carbocycles. The van der Waals surface area contributed by atoms with E-state index in [0.29, 0.717) is 19.1 Å². The minimum atomic E-state index is -0.243. The number of anilines is 1. The molecule has 2 heterocycles. The van der Waals surface area contributed by atoms with Crippen molar-refractivity contribution in [2.45, 2.75) is 19.4 Å². The van der Waals surface area contributed by atoms with E-state index in [9.17, 15) is 4.79 Å². The third-order valence-electron chi connectivity index (χ3n) is 4.14. The minimum absolute atomic E-state index is 0.243. The highest BCUT2D eigenvalue weighted by Crippen LogP contribution is 2.19. The zero-order chi connectivity index (χ0) is 17.3. The number of ether oxygens (including phenoxy) is 2. The van der Waals surface area contributed by atoms with E-state index < -0.39 is 0 Å². The van der Waals surface area contributed by atoms with Gasteiger partial charge in [-0.3, -0.25) is 4.98 Å². The molecule has 6 nitrogen and oxygen atoms in total. The van der Waals surface area contributed by atoms with E-state index >= 15 is 0 Å². The summed E-state index contributed by atoms with van der Waals surface area (Å²) in [7, 11) is 0. The van der Waals surface area contributed by atoms with Gasteiger partial charge in [-0.25, -0.2) is 4.79 Å². The number of aromatic nitrogens is 1. The number of rotatable bonds is 6. The summed E-state index contributed by atoms with van der Waals surface area (Å²) in [5, 5.41) is 5.62. The molecule has 1 saturated heterocycles. The van der Waals surface area contributed by atoms with Crippen LogP contribution >= 0.6 is 0 Å². The maximum Gasteiger partial charge on any atom is 0.319 e. The summed E-state index contributed by atoms with van der Waals surface area (Å²) in [6.07, 6.45) is 5.51. The SMILES string of the molecule is O=C(NCc1ccncc1)Nc1ccc(OCC2CCOCC2)cc1. The van der Waals surface area contributed by atoms with Crippen molar-refractivity contribution in [3.8, 4) is 5.75 Å². The smallest absolute Gasteiger partial charge is 0.319 e. The fourth-order valence-electron chi connectivity index (χ4n) is 2.62. The van der Waals surface area contributed by atoms with Crippen LogP contribution in [-0.4, -0.2) is 30.8 Å². The van der Waals surface area contributed by atoms with Crippen LogP contribution in [0.15, 0.2) is 48.8 Å². The lowest BCUT2D eigenvalue weighted by molar-refractivity contribution is 0.0497. The highest BCUT2D eigenvalue weighted by atomic mass is 16.5. The number of amides is 2. The highest BCUT2D eigenvalue weighted by molar-refractivity contribution is 5.89. The van der Waals surface area contributed by atoms with Crippen LogP contribution in [0.2, 0.25) is 0 Å². The molecule has 1 aromatic carbocycles. The van der Waals surface area contributed by atoms with E-state index in [0.717, 1.165) is 43.1 Å². The normalized spacial score (nSPS) is 14.7. The third kappa shape index (κ3) is 5.76. The number of carbonyl (C=O) groups is 1.